The van der Waals surface area contributed by atoms with E-state index in [9.17, 15) is 0 Å². The molecule has 30 heavy (non-hydrogen) atoms. The van der Waals surface area contributed by atoms with Crippen LogP contribution in [0.4, 0.5) is 5.82 Å². The van der Waals surface area contributed by atoms with Crippen molar-refractivity contribution >= 4 is 11.5 Å². The average Bonchev–Trinajstić information content (AvgIpc) is 3.44. The zero-order valence-corrected chi connectivity index (χ0v) is 16.4. The molecule has 0 unspecified atom stereocenters. The molecule has 0 bridgehead atoms. The SMILES string of the molecule is c1cc(-c2cc3nc(-n4ncc5c4COCC5)cc(N4CCOCC4)n3n2)ccn1. The highest BCUT2D eigenvalue weighted by molar-refractivity contribution is 5.66. The molecule has 0 atom stereocenters. The quantitative estimate of drug-likeness (QED) is 0.517. The summed E-state index contributed by atoms with van der Waals surface area (Å²) in [6.07, 6.45) is 6.36. The molecule has 9 nitrogen and oxygen atoms in total. The first kappa shape index (κ1) is 17.5. The maximum absolute atomic E-state index is 5.67. The summed E-state index contributed by atoms with van der Waals surface area (Å²) in [7, 11) is 0. The van der Waals surface area contributed by atoms with Gasteiger partial charge in [-0.05, 0) is 24.1 Å². The molecule has 9 heteroatoms. The third-order valence-corrected chi connectivity index (χ3v) is 5.63. The highest BCUT2D eigenvalue weighted by atomic mass is 16.5. The van der Waals surface area contributed by atoms with Crippen LogP contribution in [-0.4, -0.2) is 62.3 Å². The standard InChI is InChI=1S/C21H21N7O2/c1-4-22-5-2-15(1)17-11-19-24-20(27-18-14-30-8-3-16(18)13-23-27)12-21(28(19)25-17)26-6-9-29-10-7-26/h1-2,4-5,11-13H,3,6-10,14H2. The van der Waals surface area contributed by atoms with E-state index in [-0.39, 0.29) is 0 Å². The Kier molecular flexibility index (Phi) is 4.21. The van der Waals surface area contributed by atoms with E-state index in [0.29, 0.717) is 19.8 Å². The van der Waals surface area contributed by atoms with Gasteiger partial charge in [0.05, 0.1) is 44.0 Å². The molecule has 0 amide bonds. The van der Waals surface area contributed by atoms with E-state index < -0.39 is 0 Å². The van der Waals surface area contributed by atoms with Gasteiger partial charge < -0.3 is 14.4 Å². The first-order valence-corrected chi connectivity index (χ1v) is 10.1. The minimum atomic E-state index is 0.552. The van der Waals surface area contributed by atoms with Gasteiger partial charge in [-0.3, -0.25) is 4.98 Å². The fraction of sp³-hybridized carbons (Fsp3) is 0.333. The molecule has 4 aromatic heterocycles. The van der Waals surface area contributed by atoms with Crippen molar-refractivity contribution in [1.29, 1.82) is 0 Å². The van der Waals surface area contributed by atoms with Gasteiger partial charge in [0.25, 0.3) is 0 Å². The number of pyridine rings is 1. The van der Waals surface area contributed by atoms with E-state index in [2.05, 4.69) is 21.0 Å². The van der Waals surface area contributed by atoms with Crippen molar-refractivity contribution < 1.29 is 9.47 Å². The summed E-state index contributed by atoms with van der Waals surface area (Å²) in [5.41, 5.74) is 4.95. The van der Waals surface area contributed by atoms with Crippen LogP contribution in [0, 0.1) is 0 Å². The van der Waals surface area contributed by atoms with Crippen LogP contribution >= 0.6 is 0 Å². The van der Waals surface area contributed by atoms with Gasteiger partial charge in [-0.25, -0.2) is 9.67 Å². The first-order chi connectivity index (χ1) is 14.9. The lowest BCUT2D eigenvalue weighted by Crippen LogP contribution is -2.37. The lowest BCUT2D eigenvalue weighted by molar-refractivity contribution is 0.106. The van der Waals surface area contributed by atoms with E-state index in [1.807, 2.05) is 33.6 Å². The summed E-state index contributed by atoms with van der Waals surface area (Å²) >= 11 is 0. The molecule has 2 aliphatic rings. The molecule has 0 N–H and O–H groups in total. The normalized spacial score (nSPS) is 16.7. The zero-order chi connectivity index (χ0) is 19.9. The maximum Gasteiger partial charge on any atom is 0.160 e. The molecule has 4 aromatic rings. The van der Waals surface area contributed by atoms with Crippen LogP contribution in [0.3, 0.4) is 0 Å². The van der Waals surface area contributed by atoms with Gasteiger partial charge in [-0.1, -0.05) is 0 Å². The smallest absolute Gasteiger partial charge is 0.160 e. The van der Waals surface area contributed by atoms with Gasteiger partial charge in [-0.2, -0.15) is 14.7 Å². The maximum atomic E-state index is 5.67. The predicted octanol–water partition coefficient (Wildman–Crippen LogP) is 1.89. The average molecular weight is 403 g/mol. The second-order valence-corrected chi connectivity index (χ2v) is 7.44. The molecule has 0 aliphatic carbocycles. The van der Waals surface area contributed by atoms with Crippen LogP contribution in [0.25, 0.3) is 22.7 Å². The summed E-state index contributed by atoms with van der Waals surface area (Å²) in [6, 6.07) is 7.98. The van der Waals surface area contributed by atoms with E-state index in [1.54, 1.807) is 12.4 Å². The number of hydrogen-bond donors (Lipinski definition) is 0. The molecule has 2 aliphatic heterocycles. The third-order valence-electron chi connectivity index (χ3n) is 5.63. The van der Waals surface area contributed by atoms with Gasteiger partial charge in [-0.15, -0.1) is 0 Å². The molecule has 0 saturated carbocycles. The lowest BCUT2D eigenvalue weighted by Gasteiger charge is -2.29. The number of nitrogens with zero attached hydrogens (tertiary/aromatic N) is 7. The number of rotatable bonds is 3. The summed E-state index contributed by atoms with van der Waals surface area (Å²) in [5, 5.41) is 9.48. The Morgan fingerprint density at radius 3 is 2.70 bits per heavy atom. The van der Waals surface area contributed by atoms with Gasteiger partial charge >= 0.3 is 0 Å². The molecule has 0 spiro atoms. The monoisotopic (exact) mass is 403 g/mol. The fourth-order valence-corrected chi connectivity index (χ4v) is 4.05. The van der Waals surface area contributed by atoms with Gasteiger partial charge in [0.1, 0.15) is 5.82 Å². The van der Waals surface area contributed by atoms with Gasteiger partial charge in [0, 0.05) is 43.2 Å². The van der Waals surface area contributed by atoms with Crippen LogP contribution in [0.1, 0.15) is 11.3 Å². The highest BCUT2D eigenvalue weighted by Gasteiger charge is 2.22. The summed E-state index contributed by atoms with van der Waals surface area (Å²) in [4.78, 5) is 11.3. The van der Waals surface area contributed by atoms with Crippen LogP contribution in [0.15, 0.2) is 42.9 Å². The number of anilines is 1. The van der Waals surface area contributed by atoms with Crippen molar-refractivity contribution in [1.82, 2.24) is 29.4 Å². The minimum Gasteiger partial charge on any atom is -0.378 e. The van der Waals surface area contributed by atoms with E-state index in [4.69, 9.17) is 19.6 Å². The van der Waals surface area contributed by atoms with Crippen molar-refractivity contribution in [2.45, 2.75) is 13.0 Å². The fourth-order valence-electron chi connectivity index (χ4n) is 4.05. The van der Waals surface area contributed by atoms with Crippen molar-refractivity contribution in [3.8, 4) is 17.1 Å². The Morgan fingerprint density at radius 2 is 1.83 bits per heavy atom. The van der Waals surface area contributed by atoms with E-state index in [1.165, 1.54) is 5.56 Å². The minimum absolute atomic E-state index is 0.552. The van der Waals surface area contributed by atoms with Crippen LogP contribution in [-0.2, 0) is 22.5 Å². The Bertz CT molecular complexity index is 1200. The molecule has 0 radical (unpaired) electrons. The second kappa shape index (κ2) is 7.19. The third kappa shape index (κ3) is 2.94. The molecule has 0 aromatic carbocycles. The summed E-state index contributed by atoms with van der Waals surface area (Å²) in [6.45, 7) is 4.30. The lowest BCUT2D eigenvalue weighted by atomic mass is 10.1. The summed E-state index contributed by atoms with van der Waals surface area (Å²) < 4.78 is 15.0. The molecular formula is C21H21N7O2. The van der Waals surface area contributed by atoms with E-state index in [0.717, 1.165) is 60.4 Å². The Balaban J connectivity index is 1.53. The number of aromatic nitrogens is 6. The van der Waals surface area contributed by atoms with Crippen molar-refractivity contribution in [2.75, 3.05) is 37.8 Å². The van der Waals surface area contributed by atoms with Crippen LogP contribution in [0.5, 0.6) is 0 Å². The second-order valence-electron chi connectivity index (χ2n) is 7.44. The van der Waals surface area contributed by atoms with Crippen molar-refractivity contribution in [3.63, 3.8) is 0 Å². The van der Waals surface area contributed by atoms with Gasteiger partial charge in [0.2, 0.25) is 0 Å². The van der Waals surface area contributed by atoms with Crippen molar-refractivity contribution in [3.05, 3.63) is 54.1 Å². The Morgan fingerprint density at radius 1 is 0.967 bits per heavy atom. The Hall–Kier alpha value is -3.30. The highest BCUT2D eigenvalue weighted by Crippen LogP contribution is 2.27. The Labute approximate surface area is 172 Å². The molecule has 6 rings (SSSR count). The molecule has 1 fully saturated rings. The topological polar surface area (TPSA) is 82.6 Å². The van der Waals surface area contributed by atoms with Crippen LogP contribution in [0.2, 0.25) is 0 Å². The number of fused-ring (bicyclic) bond motifs is 2. The predicted molar refractivity (Wildman–Crippen MR) is 110 cm³/mol. The van der Waals surface area contributed by atoms with Crippen molar-refractivity contribution in [2.24, 2.45) is 0 Å². The molecule has 152 valence electrons. The zero-order valence-electron chi connectivity index (χ0n) is 16.4. The number of ether oxygens (including phenoxy) is 2. The van der Waals surface area contributed by atoms with E-state index >= 15 is 0 Å². The number of hydrogen-bond acceptors (Lipinski definition) is 7. The first-order valence-electron chi connectivity index (χ1n) is 10.1. The van der Waals surface area contributed by atoms with Gasteiger partial charge in [0.15, 0.2) is 11.5 Å². The van der Waals surface area contributed by atoms with Crippen LogP contribution < -0.4 is 4.90 Å². The molecule has 6 heterocycles. The number of morpholine rings is 1. The largest absolute Gasteiger partial charge is 0.378 e. The molecule has 1 saturated heterocycles. The molecular weight excluding hydrogens is 382 g/mol. The summed E-state index contributed by atoms with van der Waals surface area (Å²) in [5.74, 6) is 1.76.